The minimum absolute atomic E-state index is 0.0290. The molecule has 2 N–H and O–H groups in total. The summed E-state index contributed by atoms with van der Waals surface area (Å²) in [6.45, 7) is 2.00. The minimum Gasteiger partial charge on any atom is -0.491 e. The average molecular weight is 483 g/mol. The van der Waals surface area contributed by atoms with Gasteiger partial charge in [0.25, 0.3) is 5.91 Å². The standard InChI is InChI=1S/C23H25Cl2FN2O4/c24-15-1-4-21-14(9-15)10-22(32-21)23(30)27-16-5-7-28(8-6-16)12-17(29)13-31-18-2-3-19(25)20(26)11-18/h1-4,9,11,16-17,22,29H,5-8,10,12-13H2,(H,27,30)/t17-,22?/m0/s1. The third-order valence-electron chi connectivity index (χ3n) is 5.73. The first-order chi connectivity index (χ1) is 15.4. The number of carbonyl (C=O) groups is 1. The van der Waals surface area contributed by atoms with Crippen molar-refractivity contribution >= 4 is 29.1 Å². The van der Waals surface area contributed by atoms with Crippen LogP contribution in [0.25, 0.3) is 0 Å². The first kappa shape index (κ1) is 23.1. The zero-order chi connectivity index (χ0) is 22.7. The normalized spacial score (nSPS) is 19.8. The molecule has 6 nitrogen and oxygen atoms in total. The second kappa shape index (κ2) is 10.3. The molecular weight excluding hydrogens is 458 g/mol. The average Bonchev–Trinajstić information content (AvgIpc) is 3.19. The maximum atomic E-state index is 13.5. The number of nitrogens with zero attached hydrogens (tertiary/aromatic N) is 1. The van der Waals surface area contributed by atoms with Crippen molar-refractivity contribution in [1.82, 2.24) is 10.2 Å². The van der Waals surface area contributed by atoms with E-state index in [1.54, 1.807) is 18.2 Å². The van der Waals surface area contributed by atoms with Gasteiger partial charge in [-0.05, 0) is 48.7 Å². The summed E-state index contributed by atoms with van der Waals surface area (Å²) >= 11 is 11.7. The summed E-state index contributed by atoms with van der Waals surface area (Å²) in [7, 11) is 0. The molecule has 1 unspecified atom stereocenters. The molecule has 9 heteroatoms. The molecule has 2 aliphatic rings. The summed E-state index contributed by atoms with van der Waals surface area (Å²) in [5.74, 6) is 0.366. The quantitative estimate of drug-likeness (QED) is 0.632. The van der Waals surface area contributed by atoms with Gasteiger partial charge in [-0.15, -0.1) is 0 Å². The van der Waals surface area contributed by atoms with Crippen LogP contribution in [0.5, 0.6) is 11.5 Å². The molecule has 2 aromatic rings. The highest BCUT2D eigenvalue weighted by molar-refractivity contribution is 6.31. The first-order valence-corrected chi connectivity index (χ1v) is 11.4. The summed E-state index contributed by atoms with van der Waals surface area (Å²) < 4.78 is 24.7. The van der Waals surface area contributed by atoms with Gasteiger partial charge >= 0.3 is 0 Å². The third-order valence-corrected chi connectivity index (χ3v) is 6.27. The van der Waals surface area contributed by atoms with E-state index in [0.717, 1.165) is 31.5 Å². The Labute approximate surface area is 196 Å². The number of piperidine rings is 1. The van der Waals surface area contributed by atoms with Gasteiger partial charge in [0.1, 0.15) is 30.0 Å². The molecule has 0 spiro atoms. The fourth-order valence-electron chi connectivity index (χ4n) is 4.03. The van der Waals surface area contributed by atoms with E-state index in [1.807, 2.05) is 6.07 Å². The molecule has 0 aliphatic carbocycles. The van der Waals surface area contributed by atoms with E-state index in [-0.39, 0.29) is 23.6 Å². The van der Waals surface area contributed by atoms with Crippen LogP contribution in [0, 0.1) is 5.82 Å². The van der Waals surface area contributed by atoms with Crippen molar-refractivity contribution in [2.75, 3.05) is 26.2 Å². The van der Waals surface area contributed by atoms with Gasteiger partial charge in [0.2, 0.25) is 0 Å². The number of halogens is 3. The molecule has 2 aromatic carbocycles. The number of benzene rings is 2. The van der Waals surface area contributed by atoms with Crippen LogP contribution in [0.3, 0.4) is 0 Å². The van der Waals surface area contributed by atoms with E-state index >= 15 is 0 Å². The van der Waals surface area contributed by atoms with Gasteiger partial charge in [0.05, 0.1) is 5.02 Å². The Bertz CT molecular complexity index is 969. The van der Waals surface area contributed by atoms with Crippen molar-refractivity contribution in [2.45, 2.75) is 37.5 Å². The maximum Gasteiger partial charge on any atom is 0.261 e. The van der Waals surface area contributed by atoms with Crippen molar-refractivity contribution in [3.8, 4) is 11.5 Å². The van der Waals surface area contributed by atoms with E-state index in [9.17, 15) is 14.3 Å². The number of aliphatic hydroxyl groups excluding tert-OH is 1. The molecule has 172 valence electrons. The molecule has 0 saturated carbocycles. The van der Waals surface area contributed by atoms with Crippen molar-refractivity contribution in [1.29, 1.82) is 0 Å². The Morgan fingerprint density at radius 1 is 1.25 bits per heavy atom. The molecule has 4 rings (SSSR count). The number of carbonyl (C=O) groups excluding carboxylic acids is 1. The molecule has 1 amide bonds. The van der Waals surface area contributed by atoms with Crippen LogP contribution >= 0.6 is 23.2 Å². The number of fused-ring (bicyclic) bond motifs is 1. The summed E-state index contributed by atoms with van der Waals surface area (Å²) in [6, 6.07) is 9.63. The fraction of sp³-hybridized carbons (Fsp3) is 0.435. The molecule has 2 heterocycles. The molecule has 0 radical (unpaired) electrons. The number of hydrogen-bond acceptors (Lipinski definition) is 5. The highest BCUT2D eigenvalue weighted by Gasteiger charge is 2.31. The monoisotopic (exact) mass is 482 g/mol. The molecule has 2 atom stereocenters. The van der Waals surface area contributed by atoms with Gasteiger partial charge < -0.3 is 24.8 Å². The first-order valence-electron chi connectivity index (χ1n) is 10.6. The van der Waals surface area contributed by atoms with E-state index in [0.29, 0.717) is 29.5 Å². The molecule has 1 fully saturated rings. The van der Waals surface area contributed by atoms with Gasteiger partial charge in [0.15, 0.2) is 6.10 Å². The SMILES string of the molecule is O=C(NC1CCN(C[C@H](O)COc2ccc(Cl)c(F)c2)CC1)C1Cc2cc(Cl)ccc2O1. The van der Waals surface area contributed by atoms with Crippen molar-refractivity contribution in [3.63, 3.8) is 0 Å². The van der Waals surface area contributed by atoms with E-state index in [1.165, 1.54) is 12.1 Å². The summed E-state index contributed by atoms with van der Waals surface area (Å²) in [5.41, 5.74) is 0.949. The Morgan fingerprint density at radius 2 is 2.03 bits per heavy atom. The highest BCUT2D eigenvalue weighted by atomic mass is 35.5. The smallest absolute Gasteiger partial charge is 0.261 e. The minimum atomic E-state index is -0.711. The van der Waals surface area contributed by atoms with Crippen LogP contribution in [-0.4, -0.2) is 60.4 Å². The number of nitrogens with one attached hydrogen (secondary N) is 1. The van der Waals surface area contributed by atoms with Crippen LogP contribution < -0.4 is 14.8 Å². The van der Waals surface area contributed by atoms with Crippen molar-refractivity contribution in [2.24, 2.45) is 0 Å². The van der Waals surface area contributed by atoms with Crippen LogP contribution in [-0.2, 0) is 11.2 Å². The lowest BCUT2D eigenvalue weighted by Gasteiger charge is -2.33. The number of ether oxygens (including phenoxy) is 2. The second-order valence-electron chi connectivity index (χ2n) is 8.19. The zero-order valence-corrected chi connectivity index (χ0v) is 18.9. The Balaban J connectivity index is 1.16. The number of hydrogen-bond donors (Lipinski definition) is 2. The summed E-state index contributed by atoms with van der Waals surface area (Å²) in [6.07, 6.45) is 0.848. The second-order valence-corrected chi connectivity index (χ2v) is 9.03. The van der Waals surface area contributed by atoms with Crippen LogP contribution in [0.2, 0.25) is 10.0 Å². The van der Waals surface area contributed by atoms with Gasteiger partial charge in [0, 0.05) is 43.2 Å². The van der Waals surface area contributed by atoms with Crippen LogP contribution in [0.15, 0.2) is 36.4 Å². The Hall–Kier alpha value is -2.06. The Kier molecular flexibility index (Phi) is 7.40. The topological polar surface area (TPSA) is 71.0 Å². The number of likely N-dealkylation sites (tertiary alicyclic amines) is 1. The van der Waals surface area contributed by atoms with Gasteiger partial charge in [-0.25, -0.2) is 4.39 Å². The maximum absolute atomic E-state index is 13.5. The van der Waals surface area contributed by atoms with Crippen LogP contribution in [0.4, 0.5) is 4.39 Å². The lowest BCUT2D eigenvalue weighted by molar-refractivity contribution is -0.128. The van der Waals surface area contributed by atoms with E-state index in [4.69, 9.17) is 32.7 Å². The lowest BCUT2D eigenvalue weighted by atomic mass is 10.0. The molecule has 0 bridgehead atoms. The number of β-amino-alcohol motifs (C(OH)–C–C–N with tert-alkyl or cyclic N) is 1. The molecular formula is C23H25Cl2FN2O4. The Morgan fingerprint density at radius 3 is 2.78 bits per heavy atom. The predicted octanol–water partition coefficient (Wildman–Crippen LogP) is 3.46. The largest absolute Gasteiger partial charge is 0.491 e. The van der Waals surface area contributed by atoms with Crippen LogP contribution in [0.1, 0.15) is 18.4 Å². The predicted molar refractivity (Wildman–Crippen MR) is 120 cm³/mol. The van der Waals surface area contributed by atoms with Gasteiger partial charge in [-0.1, -0.05) is 23.2 Å². The highest BCUT2D eigenvalue weighted by Crippen LogP contribution is 2.31. The van der Waals surface area contributed by atoms with E-state index in [2.05, 4.69) is 10.2 Å². The number of aliphatic hydroxyl groups is 1. The fourth-order valence-corrected chi connectivity index (χ4v) is 4.34. The van der Waals surface area contributed by atoms with Gasteiger partial charge in [-0.3, -0.25) is 4.79 Å². The van der Waals surface area contributed by atoms with Crippen molar-refractivity contribution in [3.05, 3.63) is 57.8 Å². The summed E-state index contributed by atoms with van der Waals surface area (Å²) in [5, 5.41) is 14.0. The van der Waals surface area contributed by atoms with Gasteiger partial charge in [-0.2, -0.15) is 0 Å². The number of rotatable bonds is 7. The van der Waals surface area contributed by atoms with Crippen molar-refractivity contribution < 1.29 is 23.8 Å². The third kappa shape index (κ3) is 5.84. The molecule has 1 saturated heterocycles. The lowest BCUT2D eigenvalue weighted by Crippen LogP contribution is -2.49. The zero-order valence-electron chi connectivity index (χ0n) is 17.4. The van der Waals surface area contributed by atoms with E-state index < -0.39 is 18.0 Å². The molecule has 32 heavy (non-hydrogen) atoms. The molecule has 0 aromatic heterocycles. The summed E-state index contributed by atoms with van der Waals surface area (Å²) in [4.78, 5) is 14.7. The number of amides is 1. The molecule has 2 aliphatic heterocycles.